The van der Waals surface area contributed by atoms with Crippen LogP contribution in [0.3, 0.4) is 0 Å². The van der Waals surface area contributed by atoms with E-state index in [1.807, 2.05) is 25.3 Å². The van der Waals surface area contributed by atoms with Crippen LogP contribution in [0.4, 0.5) is 8.78 Å². The third-order valence-electron chi connectivity index (χ3n) is 6.97. The summed E-state index contributed by atoms with van der Waals surface area (Å²) < 4.78 is 44.0. The van der Waals surface area contributed by atoms with Gasteiger partial charge in [0.15, 0.2) is 11.5 Å². The Bertz CT molecular complexity index is 1280. The van der Waals surface area contributed by atoms with E-state index in [0.29, 0.717) is 31.9 Å². The lowest BCUT2D eigenvalue weighted by molar-refractivity contribution is 0.0230. The van der Waals surface area contributed by atoms with Crippen molar-refractivity contribution >= 4 is 16.9 Å². The van der Waals surface area contributed by atoms with Gasteiger partial charge in [-0.2, -0.15) is 0 Å². The number of hydrogen-bond donors (Lipinski definition) is 2. The third kappa shape index (κ3) is 4.46. The number of carboxylic acids is 1. The maximum Gasteiger partial charge on any atom is 0.339 e. The van der Waals surface area contributed by atoms with Crippen molar-refractivity contribution in [2.45, 2.75) is 25.9 Å². The standard InChI is InChI=1S/C26H29F2N3O5/c1-15-11-21(34-2)19(16-5-6-29-23(15)16)12-31-8-7-30(14-22(27)28)13-20(31)17-3-4-18(26(32)33)25-24(17)35-9-10-36-25/h3-6,11,20,22,29H,7-10,12-14H2,1-2H3,(H,32,33). The highest BCUT2D eigenvalue weighted by molar-refractivity contribution is 5.92. The van der Waals surface area contributed by atoms with E-state index in [1.54, 1.807) is 18.1 Å². The number of ether oxygens (including phenoxy) is 3. The van der Waals surface area contributed by atoms with Crippen LogP contribution in [0.15, 0.2) is 30.5 Å². The zero-order valence-corrected chi connectivity index (χ0v) is 20.2. The predicted octanol–water partition coefficient (Wildman–Crippen LogP) is 4.08. The van der Waals surface area contributed by atoms with E-state index in [1.165, 1.54) is 6.07 Å². The molecular formula is C26H29F2N3O5. The number of aromatic carboxylic acids is 1. The van der Waals surface area contributed by atoms with Crippen molar-refractivity contribution in [1.29, 1.82) is 0 Å². The molecule has 0 spiro atoms. The number of aryl methyl sites for hydroxylation is 1. The molecule has 5 rings (SSSR count). The molecule has 3 heterocycles. The second kappa shape index (κ2) is 9.94. The van der Waals surface area contributed by atoms with Gasteiger partial charge < -0.3 is 24.3 Å². The molecule has 3 aromatic rings. The van der Waals surface area contributed by atoms with E-state index >= 15 is 0 Å². The first-order valence-corrected chi connectivity index (χ1v) is 11.9. The molecule has 1 saturated heterocycles. The van der Waals surface area contributed by atoms with E-state index in [2.05, 4.69) is 9.88 Å². The minimum atomic E-state index is -2.45. The summed E-state index contributed by atoms with van der Waals surface area (Å²) in [5.74, 6) is 0.217. The van der Waals surface area contributed by atoms with Crippen molar-refractivity contribution in [3.63, 3.8) is 0 Å². The number of alkyl halides is 2. The molecule has 0 bridgehead atoms. The molecule has 2 N–H and O–H groups in total. The quantitative estimate of drug-likeness (QED) is 0.505. The highest BCUT2D eigenvalue weighted by atomic mass is 19.3. The third-order valence-corrected chi connectivity index (χ3v) is 6.97. The molecule has 2 aromatic carbocycles. The number of nitrogens with zero attached hydrogens (tertiary/aromatic N) is 2. The van der Waals surface area contributed by atoms with Crippen molar-refractivity contribution in [3.05, 3.63) is 52.7 Å². The van der Waals surface area contributed by atoms with Crippen molar-refractivity contribution in [2.24, 2.45) is 0 Å². The normalized spacial score (nSPS) is 18.6. The van der Waals surface area contributed by atoms with Crippen LogP contribution in [-0.2, 0) is 6.54 Å². The first-order chi connectivity index (χ1) is 17.4. The zero-order valence-electron chi connectivity index (χ0n) is 20.2. The summed E-state index contributed by atoms with van der Waals surface area (Å²) in [6.45, 7) is 4.10. The molecule has 1 aromatic heterocycles. The largest absolute Gasteiger partial charge is 0.496 e. The number of carbonyl (C=O) groups is 1. The van der Waals surface area contributed by atoms with Gasteiger partial charge in [0.2, 0.25) is 0 Å². The Hall–Kier alpha value is -3.37. The van der Waals surface area contributed by atoms with Gasteiger partial charge in [-0.05, 0) is 30.7 Å². The molecule has 2 aliphatic rings. The van der Waals surface area contributed by atoms with E-state index in [4.69, 9.17) is 14.2 Å². The Balaban J connectivity index is 1.57. The minimum absolute atomic E-state index is 0.0227. The fourth-order valence-corrected chi connectivity index (χ4v) is 5.29. The zero-order chi connectivity index (χ0) is 25.4. The fourth-order valence-electron chi connectivity index (χ4n) is 5.29. The Morgan fingerprint density at radius 2 is 2.00 bits per heavy atom. The number of halogens is 2. The summed E-state index contributed by atoms with van der Waals surface area (Å²) in [4.78, 5) is 19.0. The number of aromatic amines is 1. The topological polar surface area (TPSA) is 87.3 Å². The maximum absolute atomic E-state index is 13.3. The van der Waals surface area contributed by atoms with Crippen LogP contribution < -0.4 is 14.2 Å². The molecular weight excluding hydrogens is 472 g/mol. The number of fused-ring (bicyclic) bond motifs is 2. The molecule has 1 fully saturated rings. The van der Waals surface area contributed by atoms with Crippen LogP contribution in [0.1, 0.15) is 33.1 Å². The summed E-state index contributed by atoms with van der Waals surface area (Å²) in [7, 11) is 1.64. The van der Waals surface area contributed by atoms with Crippen molar-refractivity contribution in [1.82, 2.24) is 14.8 Å². The van der Waals surface area contributed by atoms with Gasteiger partial charge in [-0.3, -0.25) is 9.80 Å². The van der Waals surface area contributed by atoms with Crippen LogP contribution in [-0.4, -0.2) is 78.8 Å². The van der Waals surface area contributed by atoms with Crippen LogP contribution in [0.25, 0.3) is 10.9 Å². The molecule has 0 saturated carbocycles. The highest BCUT2D eigenvalue weighted by Gasteiger charge is 2.35. The van der Waals surface area contributed by atoms with Gasteiger partial charge in [0.25, 0.3) is 6.43 Å². The highest BCUT2D eigenvalue weighted by Crippen LogP contribution is 2.44. The first-order valence-electron chi connectivity index (χ1n) is 11.9. The summed E-state index contributed by atoms with van der Waals surface area (Å²) in [6.07, 6.45) is -0.554. The monoisotopic (exact) mass is 501 g/mol. The number of H-pyrrole nitrogens is 1. The van der Waals surface area contributed by atoms with Gasteiger partial charge in [0.1, 0.15) is 24.5 Å². The summed E-state index contributed by atoms with van der Waals surface area (Å²) in [6, 6.07) is 6.92. The molecule has 36 heavy (non-hydrogen) atoms. The number of aromatic nitrogens is 1. The van der Waals surface area contributed by atoms with E-state index < -0.39 is 12.4 Å². The average Bonchev–Trinajstić information content (AvgIpc) is 3.36. The number of hydrogen-bond acceptors (Lipinski definition) is 6. The molecule has 2 aliphatic heterocycles. The van der Waals surface area contributed by atoms with Crippen LogP contribution in [0, 0.1) is 6.92 Å². The number of carboxylic acid groups (broad SMARTS) is 1. The van der Waals surface area contributed by atoms with Gasteiger partial charge in [0, 0.05) is 54.4 Å². The first kappa shape index (κ1) is 24.3. The van der Waals surface area contributed by atoms with Gasteiger partial charge in [-0.1, -0.05) is 6.07 Å². The summed E-state index contributed by atoms with van der Waals surface area (Å²) >= 11 is 0. The number of piperazine rings is 1. The predicted molar refractivity (Wildman–Crippen MR) is 130 cm³/mol. The summed E-state index contributed by atoms with van der Waals surface area (Å²) in [5, 5.41) is 10.7. The Labute approximate surface area is 207 Å². The lowest BCUT2D eigenvalue weighted by Crippen LogP contribution is -2.49. The Kier molecular flexibility index (Phi) is 6.72. The van der Waals surface area contributed by atoms with Gasteiger partial charge in [0.05, 0.1) is 19.7 Å². The molecule has 1 unspecified atom stereocenters. The number of nitrogens with one attached hydrogen (secondary N) is 1. The van der Waals surface area contributed by atoms with Crippen LogP contribution in [0.2, 0.25) is 0 Å². The molecule has 0 amide bonds. The molecule has 8 nitrogen and oxygen atoms in total. The van der Waals surface area contributed by atoms with E-state index in [9.17, 15) is 18.7 Å². The molecule has 10 heteroatoms. The van der Waals surface area contributed by atoms with E-state index in [0.717, 1.165) is 33.3 Å². The van der Waals surface area contributed by atoms with Crippen molar-refractivity contribution in [2.75, 3.05) is 46.5 Å². The molecule has 192 valence electrons. The Morgan fingerprint density at radius 1 is 1.22 bits per heavy atom. The van der Waals surface area contributed by atoms with Crippen LogP contribution in [0.5, 0.6) is 17.2 Å². The van der Waals surface area contributed by atoms with Crippen molar-refractivity contribution < 1.29 is 32.9 Å². The molecule has 1 atom stereocenters. The molecule has 0 radical (unpaired) electrons. The Morgan fingerprint density at radius 3 is 2.72 bits per heavy atom. The van der Waals surface area contributed by atoms with Crippen molar-refractivity contribution in [3.8, 4) is 17.2 Å². The van der Waals surface area contributed by atoms with Gasteiger partial charge in [-0.15, -0.1) is 0 Å². The average molecular weight is 502 g/mol. The second-order valence-corrected chi connectivity index (χ2v) is 9.14. The van der Waals surface area contributed by atoms with Gasteiger partial charge in [-0.25, -0.2) is 13.6 Å². The lowest BCUT2D eigenvalue weighted by atomic mass is 9.96. The lowest BCUT2D eigenvalue weighted by Gasteiger charge is -2.42. The second-order valence-electron chi connectivity index (χ2n) is 9.14. The fraction of sp³-hybridized carbons (Fsp3) is 0.423. The number of methoxy groups -OCH3 is 1. The SMILES string of the molecule is COc1cc(C)c2[nH]ccc2c1CN1CCN(CC(F)F)CC1c1ccc(C(=O)O)c2c1OCCO2. The molecule has 0 aliphatic carbocycles. The van der Waals surface area contributed by atoms with E-state index in [-0.39, 0.29) is 37.1 Å². The smallest absolute Gasteiger partial charge is 0.339 e. The van der Waals surface area contributed by atoms with Gasteiger partial charge >= 0.3 is 5.97 Å². The summed E-state index contributed by atoms with van der Waals surface area (Å²) in [5.41, 5.74) is 3.84. The van der Waals surface area contributed by atoms with Crippen LogP contribution >= 0.6 is 0 Å². The minimum Gasteiger partial charge on any atom is -0.496 e. The maximum atomic E-state index is 13.3. The number of rotatable bonds is 7. The number of benzene rings is 2.